The predicted octanol–water partition coefficient (Wildman–Crippen LogP) is 3.02. The van der Waals surface area contributed by atoms with E-state index in [0.717, 1.165) is 34.5 Å². The number of nitrogens with one attached hydrogen (secondary N) is 1. The Labute approximate surface area is 158 Å². The Balaban J connectivity index is 1.53. The molecule has 1 atom stereocenters. The summed E-state index contributed by atoms with van der Waals surface area (Å²) >= 11 is 0. The number of carbonyl (C=O) groups excluding carboxylic acids is 1. The lowest BCUT2D eigenvalue weighted by atomic mass is 10.1. The number of carbonyl (C=O) groups is 1. The van der Waals surface area contributed by atoms with E-state index in [9.17, 15) is 4.79 Å². The van der Waals surface area contributed by atoms with Gasteiger partial charge in [-0.1, -0.05) is 0 Å². The average molecular weight is 366 g/mol. The van der Waals surface area contributed by atoms with Gasteiger partial charge in [0.15, 0.2) is 5.65 Å². The van der Waals surface area contributed by atoms with Crippen molar-refractivity contribution < 1.29 is 4.79 Å². The van der Waals surface area contributed by atoms with Gasteiger partial charge < -0.3 is 5.32 Å². The molecule has 7 nitrogen and oxygen atoms in total. The Bertz CT molecular complexity index is 997. The molecular weight excluding hydrogens is 340 g/mol. The number of nitrogens with zero attached hydrogens (tertiary/aromatic N) is 5. The first-order valence-corrected chi connectivity index (χ1v) is 9.63. The van der Waals surface area contributed by atoms with Gasteiger partial charge in [0.05, 0.1) is 17.9 Å². The summed E-state index contributed by atoms with van der Waals surface area (Å²) in [6, 6.07) is 1.99. The van der Waals surface area contributed by atoms with Gasteiger partial charge >= 0.3 is 0 Å². The zero-order valence-corrected chi connectivity index (χ0v) is 16.4. The van der Waals surface area contributed by atoms with Crippen LogP contribution < -0.4 is 5.32 Å². The second-order valence-corrected chi connectivity index (χ2v) is 7.41. The van der Waals surface area contributed by atoms with Gasteiger partial charge in [-0.25, -0.2) is 9.67 Å². The quantitative estimate of drug-likeness (QED) is 0.727. The van der Waals surface area contributed by atoms with Crippen LogP contribution in [0.4, 0.5) is 0 Å². The van der Waals surface area contributed by atoms with E-state index >= 15 is 0 Å². The van der Waals surface area contributed by atoms with E-state index in [1.807, 2.05) is 37.8 Å². The maximum atomic E-state index is 12.6. The molecule has 3 heterocycles. The van der Waals surface area contributed by atoms with Crippen molar-refractivity contribution in [3.05, 3.63) is 41.0 Å². The Morgan fingerprint density at radius 2 is 2.11 bits per heavy atom. The van der Waals surface area contributed by atoms with E-state index in [1.165, 1.54) is 18.4 Å². The highest BCUT2D eigenvalue weighted by Gasteiger charge is 2.28. The molecule has 3 aromatic heterocycles. The molecule has 1 N–H and O–H groups in total. The lowest BCUT2D eigenvalue weighted by Gasteiger charge is -2.14. The third kappa shape index (κ3) is 3.22. The zero-order chi connectivity index (χ0) is 19.1. The molecule has 1 aliphatic carbocycles. The normalized spacial score (nSPS) is 15.3. The van der Waals surface area contributed by atoms with E-state index in [4.69, 9.17) is 0 Å². The van der Waals surface area contributed by atoms with Crippen LogP contribution in [0.5, 0.6) is 0 Å². The molecule has 0 radical (unpaired) electrons. The maximum absolute atomic E-state index is 12.6. The number of fused-ring (bicyclic) bond motifs is 1. The lowest BCUT2D eigenvalue weighted by molar-refractivity contribution is -0.122. The molecule has 1 unspecified atom stereocenters. The van der Waals surface area contributed by atoms with Crippen molar-refractivity contribution in [3.8, 4) is 0 Å². The van der Waals surface area contributed by atoms with Crippen molar-refractivity contribution >= 4 is 16.9 Å². The van der Waals surface area contributed by atoms with E-state index < -0.39 is 0 Å². The van der Waals surface area contributed by atoms with Crippen LogP contribution in [0.25, 0.3) is 11.0 Å². The molecule has 0 spiro atoms. The number of hydrogen-bond donors (Lipinski definition) is 1. The molecule has 1 fully saturated rings. The van der Waals surface area contributed by atoms with E-state index in [0.29, 0.717) is 5.92 Å². The minimum Gasteiger partial charge on any atom is -0.348 e. The summed E-state index contributed by atoms with van der Waals surface area (Å²) < 4.78 is 3.66. The van der Waals surface area contributed by atoms with Crippen molar-refractivity contribution in [2.75, 3.05) is 0 Å². The highest BCUT2D eigenvalue weighted by atomic mass is 16.2. The van der Waals surface area contributed by atoms with Crippen LogP contribution in [0.2, 0.25) is 0 Å². The zero-order valence-electron chi connectivity index (χ0n) is 16.4. The summed E-state index contributed by atoms with van der Waals surface area (Å²) in [6.07, 6.45) is 6.12. The molecule has 7 heteroatoms. The van der Waals surface area contributed by atoms with E-state index in [2.05, 4.69) is 33.5 Å². The fraction of sp³-hybridized carbons (Fsp3) is 0.500. The second-order valence-electron chi connectivity index (χ2n) is 7.41. The second kappa shape index (κ2) is 6.79. The molecule has 0 aliphatic heterocycles. The van der Waals surface area contributed by atoms with Gasteiger partial charge in [-0.3, -0.25) is 9.48 Å². The topological polar surface area (TPSA) is 77.6 Å². The summed E-state index contributed by atoms with van der Waals surface area (Å²) in [6.45, 7) is 9.05. The molecule has 4 rings (SSSR count). The monoisotopic (exact) mass is 366 g/mol. The molecule has 0 aromatic carbocycles. The fourth-order valence-electron chi connectivity index (χ4n) is 3.86. The summed E-state index contributed by atoms with van der Waals surface area (Å²) in [5.74, 6) is 0.549. The number of amides is 1. The van der Waals surface area contributed by atoms with E-state index in [-0.39, 0.29) is 18.5 Å². The first-order valence-electron chi connectivity index (χ1n) is 9.63. The van der Waals surface area contributed by atoms with Gasteiger partial charge in [-0.2, -0.15) is 10.2 Å². The predicted molar refractivity (Wildman–Crippen MR) is 103 cm³/mol. The fourth-order valence-corrected chi connectivity index (χ4v) is 3.86. The molecular formula is C20H26N6O. The van der Waals surface area contributed by atoms with Crippen LogP contribution in [0.3, 0.4) is 0 Å². The molecule has 1 saturated carbocycles. The Kier molecular flexibility index (Phi) is 4.45. The minimum absolute atomic E-state index is 0.0748. The Morgan fingerprint density at radius 1 is 1.33 bits per heavy atom. The highest BCUT2D eigenvalue weighted by Crippen LogP contribution is 2.43. The van der Waals surface area contributed by atoms with Gasteiger partial charge in [0, 0.05) is 29.4 Å². The Hall–Kier alpha value is -2.70. The van der Waals surface area contributed by atoms with Crippen molar-refractivity contribution in [2.24, 2.45) is 0 Å². The molecule has 1 amide bonds. The first kappa shape index (κ1) is 17.7. The molecule has 0 bridgehead atoms. The molecule has 0 saturated heterocycles. The molecule has 27 heavy (non-hydrogen) atoms. The molecule has 1 aliphatic rings. The Morgan fingerprint density at radius 3 is 2.78 bits per heavy atom. The number of hydrogen-bond acceptors (Lipinski definition) is 4. The highest BCUT2D eigenvalue weighted by molar-refractivity contribution is 5.85. The van der Waals surface area contributed by atoms with E-state index in [1.54, 1.807) is 4.68 Å². The third-order valence-electron chi connectivity index (χ3n) is 5.44. The standard InChI is InChI=1S/C20H26N6O/c1-5-25-14(4)17(10-22-25)12(2)23-18(27)11-26-20-19(13(3)24-26)16(8-9-21-20)15-6-7-15/h8-10,12,15H,5-7,11H2,1-4H3,(H,23,27). The van der Waals surface area contributed by atoms with Gasteiger partial charge in [0.25, 0.3) is 0 Å². The smallest absolute Gasteiger partial charge is 0.242 e. The summed E-state index contributed by atoms with van der Waals surface area (Å²) in [5, 5.41) is 13.1. The summed E-state index contributed by atoms with van der Waals surface area (Å²) in [5.41, 5.74) is 5.19. The number of aryl methyl sites for hydroxylation is 2. The van der Waals surface area contributed by atoms with Gasteiger partial charge in [-0.05, 0) is 58.1 Å². The van der Waals surface area contributed by atoms with Crippen LogP contribution in [0, 0.1) is 13.8 Å². The molecule has 142 valence electrons. The number of aromatic nitrogens is 5. The molecule has 3 aromatic rings. The SMILES string of the molecule is CCn1ncc(C(C)NC(=O)Cn2nc(C)c3c(C4CC4)ccnc32)c1C. The van der Waals surface area contributed by atoms with Gasteiger partial charge in [0.1, 0.15) is 6.54 Å². The number of pyridine rings is 1. The largest absolute Gasteiger partial charge is 0.348 e. The summed E-state index contributed by atoms with van der Waals surface area (Å²) in [7, 11) is 0. The summed E-state index contributed by atoms with van der Waals surface area (Å²) in [4.78, 5) is 17.1. The third-order valence-corrected chi connectivity index (χ3v) is 5.44. The number of rotatable bonds is 6. The first-order chi connectivity index (χ1) is 13.0. The van der Waals surface area contributed by atoms with Gasteiger partial charge in [0.2, 0.25) is 5.91 Å². The maximum Gasteiger partial charge on any atom is 0.242 e. The van der Waals surface area contributed by atoms with Crippen LogP contribution >= 0.6 is 0 Å². The van der Waals surface area contributed by atoms with Crippen LogP contribution in [-0.4, -0.2) is 30.5 Å². The van der Waals surface area contributed by atoms with Crippen molar-refractivity contribution in [1.82, 2.24) is 29.9 Å². The minimum atomic E-state index is -0.101. The average Bonchev–Trinajstić information content (AvgIpc) is 3.35. The van der Waals surface area contributed by atoms with Crippen LogP contribution in [0.1, 0.15) is 61.2 Å². The van der Waals surface area contributed by atoms with Crippen LogP contribution in [-0.2, 0) is 17.9 Å². The van der Waals surface area contributed by atoms with Crippen molar-refractivity contribution in [3.63, 3.8) is 0 Å². The lowest BCUT2D eigenvalue weighted by Crippen LogP contribution is -2.30. The van der Waals surface area contributed by atoms with Crippen molar-refractivity contribution in [1.29, 1.82) is 0 Å². The van der Waals surface area contributed by atoms with Crippen molar-refractivity contribution in [2.45, 2.75) is 65.6 Å². The van der Waals surface area contributed by atoms with Gasteiger partial charge in [-0.15, -0.1) is 0 Å². The van der Waals surface area contributed by atoms with Crippen LogP contribution in [0.15, 0.2) is 18.5 Å².